The lowest BCUT2D eigenvalue weighted by atomic mass is 10.2. The monoisotopic (exact) mass is 338 g/mol. The molecule has 1 aromatic rings. The molecule has 0 aliphatic carbocycles. The zero-order valence-electron chi connectivity index (χ0n) is 11.8. The van der Waals surface area contributed by atoms with Crippen molar-refractivity contribution in [3.63, 3.8) is 0 Å². The summed E-state index contributed by atoms with van der Waals surface area (Å²) in [6.07, 6.45) is 1.66. The summed E-state index contributed by atoms with van der Waals surface area (Å²) >= 11 is 1.59. The molecule has 0 saturated carbocycles. The summed E-state index contributed by atoms with van der Waals surface area (Å²) in [5, 5.41) is 14.6. The molecule has 1 aromatic heterocycles. The number of amidine groups is 2. The molecule has 2 rings (SSSR count). The van der Waals surface area contributed by atoms with Crippen LogP contribution in [0.1, 0.15) is 11.3 Å². The highest BCUT2D eigenvalue weighted by Gasteiger charge is 2.22. The van der Waals surface area contributed by atoms with Crippen LogP contribution in [0.4, 0.5) is 0 Å². The van der Waals surface area contributed by atoms with Gasteiger partial charge in [0.25, 0.3) is 0 Å². The van der Waals surface area contributed by atoms with Crippen molar-refractivity contribution in [1.29, 1.82) is 5.26 Å². The van der Waals surface area contributed by atoms with E-state index >= 15 is 0 Å². The van der Waals surface area contributed by atoms with Gasteiger partial charge in [-0.15, -0.1) is 8.80 Å². The van der Waals surface area contributed by atoms with E-state index < -0.39 is 10.2 Å². The van der Waals surface area contributed by atoms with Gasteiger partial charge in [-0.25, -0.2) is 0 Å². The quantitative estimate of drug-likeness (QED) is 0.728. The minimum Gasteiger partial charge on any atom is -0.369 e. The third-order valence-electron chi connectivity index (χ3n) is 2.66. The van der Waals surface area contributed by atoms with Crippen LogP contribution in [0.2, 0.25) is 0 Å². The van der Waals surface area contributed by atoms with E-state index in [1.54, 1.807) is 37.1 Å². The SMILES string of the molecule is CNC1=NS(=O)(=O)N=C1NCCSCc1ncccc1C#N. The van der Waals surface area contributed by atoms with Crippen LogP contribution in [-0.2, 0) is 16.0 Å². The van der Waals surface area contributed by atoms with Crippen LogP contribution in [0.3, 0.4) is 0 Å². The van der Waals surface area contributed by atoms with Gasteiger partial charge >= 0.3 is 10.2 Å². The van der Waals surface area contributed by atoms with Crippen molar-refractivity contribution in [2.75, 3.05) is 19.3 Å². The van der Waals surface area contributed by atoms with Crippen LogP contribution in [0.5, 0.6) is 0 Å². The summed E-state index contributed by atoms with van der Waals surface area (Å²) in [5.74, 6) is 1.75. The van der Waals surface area contributed by atoms with E-state index in [1.165, 1.54) is 0 Å². The van der Waals surface area contributed by atoms with E-state index in [4.69, 9.17) is 5.26 Å². The molecule has 2 heterocycles. The first-order chi connectivity index (χ1) is 10.6. The molecule has 2 N–H and O–H groups in total. The number of nitriles is 1. The molecule has 1 aliphatic heterocycles. The molecule has 0 amide bonds. The molecule has 0 bridgehead atoms. The summed E-state index contributed by atoms with van der Waals surface area (Å²) in [5.41, 5.74) is 1.31. The number of likely N-dealkylation sites (N-methyl/N-ethyl adjacent to an activating group) is 1. The fourth-order valence-corrected chi connectivity index (χ4v) is 3.33. The van der Waals surface area contributed by atoms with Gasteiger partial charge in [0.15, 0.2) is 11.7 Å². The minimum absolute atomic E-state index is 0.210. The Bertz CT molecular complexity index is 751. The van der Waals surface area contributed by atoms with Crippen LogP contribution in [-0.4, -0.2) is 44.4 Å². The van der Waals surface area contributed by atoms with Gasteiger partial charge < -0.3 is 10.6 Å². The Morgan fingerprint density at radius 3 is 2.86 bits per heavy atom. The zero-order valence-corrected chi connectivity index (χ0v) is 13.4. The van der Waals surface area contributed by atoms with Crippen molar-refractivity contribution in [1.82, 2.24) is 15.6 Å². The van der Waals surface area contributed by atoms with Crippen molar-refractivity contribution in [3.8, 4) is 6.07 Å². The Morgan fingerprint density at radius 1 is 1.36 bits per heavy atom. The van der Waals surface area contributed by atoms with E-state index in [0.717, 1.165) is 5.69 Å². The predicted molar refractivity (Wildman–Crippen MR) is 86.0 cm³/mol. The molecule has 0 aromatic carbocycles. The van der Waals surface area contributed by atoms with Crippen molar-refractivity contribution in [2.45, 2.75) is 5.75 Å². The fraction of sp³-hybridized carbons (Fsp3) is 0.333. The van der Waals surface area contributed by atoms with Gasteiger partial charge in [-0.3, -0.25) is 4.98 Å². The molecule has 10 heteroatoms. The molecule has 0 saturated heterocycles. The minimum atomic E-state index is -3.75. The average Bonchev–Trinajstić information content (AvgIpc) is 2.81. The molecule has 116 valence electrons. The van der Waals surface area contributed by atoms with Gasteiger partial charge in [0.05, 0.1) is 11.3 Å². The van der Waals surface area contributed by atoms with Gasteiger partial charge in [-0.1, -0.05) is 0 Å². The third-order valence-corrected chi connectivity index (χ3v) is 4.46. The second-order valence-corrected chi connectivity index (χ2v) is 6.53. The topological polar surface area (TPSA) is 120 Å². The summed E-state index contributed by atoms with van der Waals surface area (Å²) in [6.45, 7) is 0.522. The molecule has 0 atom stereocenters. The molecular formula is C12H14N6O2S2. The second kappa shape index (κ2) is 7.24. The van der Waals surface area contributed by atoms with Gasteiger partial charge in [0, 0.05) is 31.3 Å². The van der Waals surface area contributed by atoms with Crippen molar-refractivity contribution in [2.24, 2.45) is 8.80 Å². The van der Waals surface area contributed by atoms with Crippen molar-refractivity contribution in [3.05, 3.63) is 29.6 Å². The standard InChI is InChI=1S/C12H14N6O2S2/c1-14-11-12(18-22(19,20)17-11)16-5-6-21-8-10-9(7-13)3-2-4-15-10/h2-4H,5-6,8H2,1H3,(H,14,17)(H,16,18). The Kier molecular flexibility index (Phi) is 5.35. The summed E-state index contributed by atoms with van der Waals surface area (Å²) in [6, 6.07) is 5.56. The van der Waals surface area contributed by atoms with Gasteiger partial charge in [0.2, 0.25) is 0 Å². The van der Waals surface area contributed by atoms with Crippen LogP contribution >= 0.6 is 11.8 Å². The number of hydrogen-bond donors (Lipinski definition) is 2. The number of nitrogens with one attached hydrogen (secondary N) is 2. The largest absolute Gasteiger partial charge is 0.369 e. The first-order valence-electron chi connectivity index (χ1n) is 6.34. The van der Waals surface area contributed by atoms with Gasteiger partial charge in [-0.2, -0.15) is 25.4 Å². The molecule has 22 heavy (non-hydrogen) atoms. The highest BCUT2D eigenvalue weighted by molar-refractivity contribution is 7.98. The first kappa shape index (κ1) is 16.3. The van der Waals surface area contributed by atoms with E-state index in [9.17, 15) is 8.42 Å². The number of thioether (sulfide) groups is 1. The van der Waals surface area contributed by atoms with Crippen LogP contribution < -0.4 is 10.6 Å². The molecule has 1 aliphatic rings. The third kappa shape index (κ3) is 4.19. The summed E-state index contributed by atoms with van der Waals surface area (Å²) in [7, 11) is -2.17. The molecule has 0 radical (unpaired) electrons. The maximum Gasteiger partial charge on any atom is 0.367 e. The van der Waals surface area contributed by atoms with Gasteiger partial charge in [-0.05, 0) is 12.1 Å². The molecule has 0 unspecified atom stereocenters. The first-order valence-corrected chi connectivity index (χ1v) is 8.89. The fourth-order valence-electron chi connectivity index (χ4n) is 1.68. The smallest absolute Gasteiger partial charge is 0.367 e. The average molecular weight is 338 g/mol. The Morgan fingerprint density at radius 2 is 2.14 bits per heavy atom. The molecule has 0 spiro atoms. The maximum atomic E-state index is 11.3. The van der Waals surface area contributed by atoms with Crippen LogP contribution in [0.25, 0.3) is 0 Å². The Hall–Kier alpha value is -2.12. The van der Waals surface area contributed by atoms with E-state index in [-0.39, 0.29) is 11.7 Å². The summed E-state index contributed by atoms with van der Waals surface area (Å²) < 4.78 is 29.5. The lowest BCUT2D eigenvalue weighted by molar-refractivity contribution is 0.600. The highest BCUT2D eigenvalue weighted by atomic mass is 32.2. The number of pyridine rings is 1. The lowest BCUT2D eigenvalue weighted by Crippen LogP contribution is -2.37. The van der Waals surface area contributed by atoms with Crippen molar-refractivity contribution >= 4 is 33.6 Å². The second-order valence-electron chi connectivity index (χ2n) is 4.17. The predicted octanol–water partition coefficient (Wildman–Crippen LogP) is 0.0509. The van der Waals surface area contributed by atoms with E-state index in [0.29, 0.717) is 23.6 Å². The Labute approximate surface area is 133 Å². The lowest BCUT2D eigenvalue weighted by Gasteiger charge is -2.07. The van der Waals surface area contributed by atoms with Crippen LogP contribution in [0, 0.1) is 11.3 Å². The maximum absolute atomic E-state index is 11.3. The number of aromatic nitrogens is 1. The number of rotatable bonds is 5. The molecule has 0 fully saturated rings. The molecular weight excluding hydrogens is 324 g/mol. The van der Waals surface area contributed by atoms with E-state index in [1.807, 2.05) is 0 Å². The van der Waals surface area contributed by atoms with E-state index in [2.05, 4.69) is 30.5 Å². The van der Waals surface area contributed by atoms with Crippen molar-refractivity contribution < 1.29 is 8.42 Å². The highest BCUT2D eigenvalue weighted by Crippen LogP contribution is 2.13. The zero-order chi connectivity index (χ0) is 16.0. The molecule has 8 nitrogen and oxygen atoms in total. The normalized spacial score (nSPS) is 15.6. The number of nitrogens with zero attached hydrogens (tertiary/aromatic N) is 4. The number of hydrogen-bond acceptors (Lipinski definition) is 7. The Balaban J connectivity index is 1.79. The van der Waals surface area contributed by atoms with Gasteiger partial charge in [0.1, 0.15) is 6.07 Å². The van der Waals surface area contributed by atoms with Crippen LogP contribution in [0.15, 0.2) is 27.1 Å². The summed E-state index contributed by atoms with van der Waals surface area (Å²) in [4.78, 5) is 4.17.